The first-order chi connectivity index (χ1) is 9.20. The van der Waals surface area contributed by atoms with E-state index in [1.54, 1.807) is 0 Å². The van der Waals surface area contributed by atoms with Crippen molar-refractivity contribution < 1.29 is 0 Å². The van der Waals surface area contributed by atoms with Crippen molar-refractivity contribution >= 4 is 11.8 Å². The van der Waals surface area contributed by atoms with Crippen LogP contribution in [0.25, 0.3) is 0 Å². The van der Waals surface area contributed by atoms with Crippen LogP contribution in [0.3, 0.4) is 0 Å². The Kier molecular flexibility index (Phi) is 3.55. The zero-order valence-corrected chi connectivity index (χ0v) is 11.4. The molecule has 0 radical (unpaired) electrons. The van der Waals surface area contributed by atoms with Gasteiger partial charge in [-0.2, -0.15) is 4.98 Å². The monoisotopic (exact) mass is 261 g/mol. The van der Waals surface area contributed by atoms with Gasteiger partial charge in [-0.25, -0.2) is 4.98 Å². The van der Waals surface area contributed by atoms with Gasteiger partial charge in [-0.15, -0.1) is 0 Å². The van der Waals surface area contributed by atoms with Crippen molar-refractivity contribution in [3.63, 3.8) is 0 Å². The third kappa shape index (κ3) is 2.97. The number of nitrogens with zero attached hydrogens (tertiary/aromatic N) is 3. The Morgan fingerprint density at radius 2 is 2.00 bits per heavy atom. The molecule has 3 rings (SSSR count). The number of nitrogen functional groups attached to an aromatic ring is 1. The second-order valence-corrected chi connectivity index (χ2v) is 5.93. The van der Waals surface area contributed by atoms with Gasteiger partial charge >= 0.3 is 0 Å². The molecule has 1 saturated carbocycles. The molecule has 1 saturated heterocycles. The average molecular weight is 261 g/mol. The van der Waals surface area contributed by atoms with Crippen molar-refractivity contribution in [2.24, 2.45) is 11.7 Å². The van der Waals surface area contributed by atoms with Crippen molar-refractivity contribution in [1.29, 1.82) is 0 Å². The van der Waals surface area contributed by atoms with Gasteiger partial charge in [0.1, 0.15) is 5.82 Å². The van der Waals surface area contributed by atoms with E-state index < -0.39 is 0 Å². The van der Waals surface area contributed by atoms with E-state index in [-0.39, 0.29) is 6.04 Å². The van der Waals surface area contributed by atoms with Gasteiger partial charge in [-0.05, 0) is 18.8 Å². The maximum atomic E-state index is 5.95. The first-order valence-corrected chi connectivity index (χ1v) is 7.34. The van der Waals surface area contributed by atoms with E-state index in [0.717, 1.165) is 43.4 Å². The van der Waals surface area contributed by atoms with Crippen LogP contribution in [-0.2, 0) is 6.42 Å². The van der Waals surface area contributed by atoms with Crippen LogP contribution in [0.1, 0.15) is 37.8 Å². The zero-order chi connectivity index (χ0) is 13.2. The standard InChI is InChI=1S/C14H23N5/c15-11-5-6-19(9-11)13-8-12(17-14(16)18-13)7-10-3-1-2-4-10/h8,10-11H,1-7,9,15H2,(H2,16,17,18). The Balaban J connectivity index is 1.75. The van der Waals surface area contributed by atoms with Gasteiger partial charge < -0.3 is 16.4 Å². The van der Waals surface area contributed by atoms with Gasteiger partial charge in [-0.1, -0.05) is 25.7 Å². The molecule has 0 bridgehead atoms. The van der Waals surface area contributed by atoms with E-state index in [1.807, 2.05) is 0 Å². The highest BCUT2D eigenvalue weighted by molar-refractivity contribution is 5.44. The van der Waals surface area contributed by atoms with Crippen LogP contribution in [0.4, 0.5) is 11.8 Å². The molecule has 4 N–H and O–H groups in total. The quantitative estimate of drug-likeness (QED) is 0.858. The number of rotatable bonds is 3. The van der Waals surface area contributed by atoms with E-state index in [1.165, 1.54) is 25.7 Å². The summed E-state index contributed by atoms with van der Waals surface area (Å²) in [6.45, 7) is 1.85. The molecule has 1 unspecified atom stereocenters. The molecule has 104 valence electrons. The second kappa shape index (κ2) is 5.33. The molecule has 2 fully saturated rings. The van der Waals surface area contributed by atoms with E-state index >= 15 is 0 Å². The lowest BCUT2D eigenvalue weighted by Crippen LogP contribution is -2.27. The van der Waals surface area contributed by atoms with Gasteiger partial charge in [0.2, 0.25) is 5.95 Å². The van der Waals surface area contributed by atoms with E-state index in [9.17, 15) is 0 Å². The lowest BCUT2D eigenvalue weighted by Gasteiger charge is -2.18. The van der Waals surface area contributed by atoms with Crippen molar-refractivity contribution in [2.75, 3.05) is 23.7 Å². The summed E-state index contributed by atoms with van der Waals surface area (Å²) in [5, 5.41) is 0. The number of aromatic nitrogens is 2. The molecular weight excluding hydrogens is 238 g/mol. The van der Waals surface area contributed by atoms with Gasteiger partial charge in [0, 0.05) is 30.9 Å². The highest BCUT2D eigenvalue weighted by Crippen LogP contribution is 2.28. The molecule has 1 aliphatic carbocycles. The molecule has 5 nitrogen and oxygen atoms in total. The topological polar surface area (TPSA) is 81.1 Å². The minimum Gasteiger partial charge on any atom is -0.368 e. The van der Waals surface area contributed by atoms with Crippen molar-refractivity contribution in [2.45, 2.75) is 44.6 Å². The third-order valence-corrected chi connectivity index (χ3v) is 4.30. The van der Waals surface area contributed by atoms with Crippen LogP contribution in [-0.4, -0.2) is 29.1 Å². The Labute approximate surface area is 114 Å². The number of hydrogen-bond donors (Lipinski definition) is 2. The van der Waals surface area contributed by atoms with E-state index in [2.05, 4.69) is 20.9 Å². The predicted molar refractivity (Wildman–Crippen MR) is 76.9 cm³/mol. The fourth-order valence-electron chi connectivity index (χ4n) is 3.28. The maximum Gasteiger partial charge on any atom is 0.222 e. The summed E-state index contributed by atoms with van der Waals surface area (Å²) in [6, 6.07) is 2.36. The predicted octanol–water partition coefficient (Wildman–Crippen LogP) is 1.33. The average Bonchev–Trinajstić information content (AvgIpc) is 3.00. The summed E-state index contributed by atoms with van der Waals surface area (Å²) in [6.07, 6.45) is 7.45. The van der Waals surface area contributed by atoms with Crippen LogP contribution in [0.5, 0.6) is 0 Å². The summed E-state index contributed by atoms with van der Waals surface area (Å²) >= 11 is 0. The number of hydrogen-bond acceptors (Lipinski definition) is 5. The van der Waals surface area contributed by atoms with Crippen LogP contribution >= 0.6 is 0 Å². The largest absolute Gasteiger partial charge is 0.368 e. The maximum absolute atomic E-state index is 5.95. The number of anilines is 2. The van der Waals surface area contributed by atoms with Gasteiger partial charge in [0.15, 0.2) is 0 Å². The Hall–Kier alpha value is -1.36. The Morgan fingerprint density at radius 1 is 1.21 bits per heavy atom. The molecule has 1 aromatic rings. The van der Waals surface area contributed by atoms with Crippen molar-refractivity contribution in [1.82, 2.24) is 9.97 Å². The fraction of sp³-hybridized carbons (Fsp3) is 0.714. The van der Waals surface area contributed by atoms with Crippen molar-refractivity contribution in [3.8, 4) is 0 Å². The SMILES string of the molecule is Nc1nc(CC2CCCC2)cc(N2CCC(N)C2)n1. The van der Waals surface area contributed by atoms with Crippen LogP contribution in [0.15, 0.2) is 6.07 Å². The second-order valence-electron chi connectivity index (χ2n) is 5.93. The van der Waals surface area contributed by atoms with Crippen LogP contribution < -0.4 is 16.4 Å². The normalized spacial score (nSPS) is 24.3. The molecule has 0 aromatic carbocycles. The molecule has 0 spiro atoms. The molecule has 0 amide bonds. The molecular formula is C14H23N5. The summed E-state index contributed by atoms with van der Waals surface area (Å²) in [5.41, 5.74) is 12.9. The summed E-state index contributed by atoms with van der Waals surface area (Å²) in [5.74, 6) is 2.13. The molecule has 2 aliphatic rings. The third-order valence-electron chi connectivity index (χ3n) is 4.30. The summed E-state index contributed by atoms with van der Waals surface area (Å²) in [4.78, 5) is 11.0. The van der Waals surface area contributed by atoms with E-state index in [4.69, 9.17) is 11.5 Å². The minimum absolute atomic E-state index is 0.259. The smallest absolute Gasteiger partial charge is 0.222 e. The van der Waals surface area contributed by atoms with Crippen LogP contribution in [0.2, 0.25) is 0 Å². The molecule has 19 heavy (non-hydrogen) atoms. The van der Waals surface area contributed by atoms with E-state index in [0.29, 0.717) is 5.95 Å². The first kappa shape index (κ1) is 12.7. The minimum atomic E-state index is 0.259. The molecule has 1 atom stereocenters. The fourth-order valence-corrected chi connectivity index (χ4v) is 3.28. The molecule has 1 aliphatic heterocycles. The van der Waals surface area contributed by atoms with Gasteiger partial charge in [0.05, 0.1) is 0 Å². The summed E-state index contributed by atoms with van der Waals surface area (Å²) < 4.78 is 0. The van der Waals surface area contributed by atoms with Crippen molar-refractivity contribution in [3.05, 3.63) is 11.8 Å². The zero-order valence-electron chi connectivity index (χ0n) is 11.4. The lowest BCUT2D eigenvalue weighted by atomic mass is 10.0. The summed E-state index contributed by atoms with van der Waals surface area (Å²) in [7, 11) is 0. The van der Waals surface area contributed by atoms with Gasteiger partial charge in [-0.3, -0.25) is 0 Å². The highest BCUT2D eigenvalue weighted by atomic mass is 15.2. The van der Waals surface area contributed by atoms with Crippen LogP contribution in [0, 0.1) is 5.92 Å². The number of nitrogens with two attached hydrogens (primary N) is 2. The molecule has 2 heterocycles. The highest BCUT2D eigenvalue weighted by Gasteiger charge is 2.22. The molecule has 1 aromatic heterocycles. The first-order valence-electron chi connectivity index (χ1n) is 7.34. The molecule has 5 heteroatoms. The lowest BCUT2D eigenvalue weighted by molar-refractivity contribution is 0.539. The van der Waals surface area contributed by atoms with Gasteiger partial charge in [0.25, 0.3) is 0 Å². The Bertz CT molecular complexity index is 441. The Morgan fingerprint density at radius 3 is 2.68 bits per heavy atom.